The van der Waals surface area contributed by atoms with E-state index in [-0.39, 0.29) is 23.8 Å². The summed E-state index contributed by atoms with van der Waals surface area (Å²) >= 11 is 0. The van der Waals surface area contributed by atoms with Gasteiger partial charge in [-0.2, -0.15) is 0 Å². The molecule has 0 bridgehead atoms. The number of aliphatic carboxylic acids is 1. The van der Waals surface area contributed by atoms with Crippen molar-refractivity contribution in [3.63, 3.8) is 0 Å². The fourth-order valence-corrected chi connectivity index (χ4v) is 2.72. The monoisotopic (exact) mass is 279 g/mol. The zero-order chi connectivity index (χ0) is 14.5. The van der Waals surface area contributed by atoms with E-state index in [1.807, 2.05) is 6.92 Å². The van der Waals surface area contributed by atoms with Crippen LogP contribution in [0.4, 0.5) is 0 Å². The Labute approximate surface area is 118 Å². The van der Waals surface area contributed by atoms with Gasteiger partial charge in [-0.3, -0.25) is 9.59 Å². The molecule has 2 rings (SSSR count). The van der Waals surface area contributed by atoms with Gasteiger partial charge < -0.3 is 15.4 Å². The third kappa shape index (κ3) is 3.37. The number of rotatable bonds is 5. The topological polar surface area (TPSA) is 95.1 Å². The number of nitrogens with one attached hydrogen (secondary N) is 2. The summed E-state index contributed by atoms with van der Waals surface area (Å²) in [5.74, 6) is -0.330. The summed E-state index contributed by atoms with van der Waals surface area (Å²) in [6.07, 6.45) is 6.65. The van der Waals surface area contributed by atoms with Crippen molar-refractivity contribution in [3.8, 4) is 0 Å². The summed E-state index contributed by atoms with van der Waals surface area (Å²) < 4.78 is 0. The van der Waals surface area contributed by atoms with Crippen molar-refractivity contribution in [1.29, 1.82) is 0 Å². The number of imidazole rings is 1. The Morgan fingerprint density at radius 1 is 1.40 bits per heavy atom. The molecule has 1 aliphatic rings. The highest BCUT2D eigenvalue weighted by atomic mass is 16.4. The predicted octanol–water partition coefficient (Wildman–Crippen LogP) is 1.87. The third-order valence-corrected chi connectivity index (χ3v) is 4.02. The second kappa shape index (κ2) is 6.54. The first-order chi connectivity index (χ1) is 9.61. The van der Waals surface area contributed by atoms with Crippen molar-refractivity contribution in [3.05, 3.63) is 18.2 Å². The molecule has 1 aromatic heterocycles. The molecular weight excluding hydrogens is 258 g/mol. The van der Waals surface area contributed by atoms with Crippen LogP contribution in [0.25, 0.3) is 0 Å². The first-order valence-electron chi connectivity index (χ1n) is 7.14. The first-order valence-corrected chi connectivity index (χ1v) is 7.14. The Morgan fingerprint density at radius 3 is 2.55 bits per heavy atom. The lowest BCUT2D eigenvalue weighted by Crippen LogP contribution is -2.36. The molecule has 0 saturated heterocycles. The summed E-state index contributed by atoms with van der Waals surface area (Å²) in [6.45, 7) is 1.99. The van der Waals surface area contributed by atoms with Gasteiger partial charge in [-0.1, -0.05) is 6.92 Å². The number of nitrogens with zero attached hydrogens (tertiary/aromatic N) is 1. The Hall–Kier alpha value is -1.85. The van der Waals surface area contributed by atoms with Crippen LogP contribution < -0.4 is 5.32 Å². The maximum Gasteiger partial charge on any atom is 0.306 e. The highest BCUT2D eigenvalue weighted by Gasteiger charge is 2.30. The van der Waals surface area contributed by atoms with Crippen molar-refractivity contribution >= 4 is 11.9 Å². The lowest BCUT2D eigenvalue weighted by molar-refractivity contribution is -0.144. The van der Waals surface area contributed by atoms with Crippen molar-refractivity contribution in [2.75, 3.05) is 0 Å². The lowest BCUT2D eigenvalue weighted by Gasteiger charge is -2.26. The summed E-state index contributed by atoms with van der Waals surface area (Å²) in [4.78, 5) is 30.3. The van der Waals surface area contributed by atoms with Gasteiger partial charge in [-0.05, 0) is 32.1 Å². The van der Waals surface area contributed by atoms with Crippen LogP contribution in [0.5, 0.6) is 0 Å². The molecule has 0 aromatic carbocycles. The maximum absolute atomic E-state index is 12.2. The van der Waals surface area contributed by atoms with E-state index in [4.69, 9.17) is 5.11 Å². The van der Waals surface area contributed by atoms with Crippen LogP contribution in [0.1, 0.15) is 50.9 Å². The fourth-order valence-electron chi connectivity index (χ4n) is 2.72. The minimum atomic E-state index is -0.745. The Balaban J connectivity index is 1.87. The second-order valence-electron chi connectivity index (χ2n) is 5.33. The summed E-state index contributed by atoms with van der Waals surface area (Å²) in [7, 11) is 0. The maximum atomic E-state index is 12.2. The van der Waals surface area contributed by atoms with Crippen LogP contribution in [0.2, 0.25) is 0 Å². The van der Waals surface area contributed by atoms with Crippen LogP contribution in [0.3, 0.4) is 0 Å². The molecule has 1 saturated carbocycles. The first kappa shape index (κ1) is 14.6. The molecule has 1 heterocycles. The summed E-state index contributed by atoms with van der Waals surface area (Å²) in [5.41, 5.74) is 0. The van der Waals surface area contributed by atoms with Crippen LogP contribution >= 0.6 is 0 Å². The van der Waals surface area contributed by atoms with Crippen molar-refractivity contribution in [2.45, 2.75) is 45.1 Å². The molecule has 1 aromatic rings. The number of aromatic amines is 1. The van der Waals surface area contributed by atoms with Gasteiger partial charge in [-0.25, -0.2) is 4.98 Å². The Bertz CT molecular complexity index is 450. The molecule has 0 spiro atoms. The highest BCUT2D eigenvalue weighted by molar-refractivity contribution is 5.79. The molecule has 110 valence electrons. The molecule has 1 amide bonds. The standard InChI is InChI=1S/C14H21N3O3/c1-2-11(12-15-7-8-16-12)17-13(18)9-3-5-10(6-4-9)14(19)20/h7-11H,2-6H2,1H3,(H,15,16)(H,17,18)(H,19,20). The molecule has 6 nitrogen and oxygen atoms in total. The quantitative estimate of drug-likeness (QED) is 0.766. The zero-order valence-corrected chi connectivity index (χ0v) is 11.6. The van der Waals surface area contributed by atoms with Gasteiger partial charge in [0.05, 0.1) is 12.0 Å². The average molecular weight is 279 g/mol. The molecule has 0 radical (unpaired) electrons. The highest BCUT2D eigenvalue weighted by Crippen LogP contribution is 2.29. The molecule has 20 heavy (non-hydrogen) atoms. The van der Waals surface area contributed by atoms with E-state index in [0.29, 0.717) is 25.7 Å². The third-order valence-electron chi connectivity index (χ3n) is 4.02. The number of aromatic nitrogens is 2. The number of H-pyrrole nitrogens is 1. The van der Waals surface area contributed by atoms with Gasteiger partial charge in [0.25, 0.3) is 0 Å². The molecule has 6 heteroatoms. The molecule has 1 atom stereocenters. The van der Waals surface area contributed by atoms with Crippen LogP contribution in [0.15, 0.2) is 12.4 Å². The second-order valence-corrected chi connectivity index (χ2v) is 5.33. The minimum absolute atomic E-state index is 0.0112. The fraction of sp³-hybridized carbons (Fsp3) is 0.643. The van der Waals surface area contributed by atoms with Crippen LogP contribution in [-0.4, -0.2) is 27.0 Å². The molecule has 1 unspecified atom stereocenters. The minimum Gasteiger partial charge on any atom is -0.481 e. The van der Waals surface area contributed by atoms with Crippen LogP contribution in [0, 0.1) is 11.8 Å². The Morgan fingerprint density at radius 2 is 2.05 bits per heavy atom. The molecule has 3 N–H and O–H groups in total. The van der Waals surface area contributed by atoms with E-state index in [2.05, 4.69) is 15.3 Å². The number of carbonyl (C=O) groups excluding carboxylic acids is 1. The summed E-state index contributed by atoms with van der Waals surface area (Å²) in [5, 5.41) is 12.0. The normalized spacial score (nSPS) is 24.1. The number of hydrogen-bond acceptors (Lipinski definition) is 3. The van der Waals surface area contributed by atoms with E-state index in [1.165, 1.54) is 0 Å². The van der Waals surface area contributed by atoms with E-state index < -0.39 is 5.97 Å². The molecule has 1 fully saturated rings. The van der Waals surface area contributed by atoms with E-state index >= 15 is 0 Å². The summed E-state index contributed by atoms with van der Waals surface area (Å²) in [6, 6.07) is -0.102. The van der Waals surface area contributed by atoms with E-state index in [0.717, 1.165) is 12.2 Å². The predicted molar refractivity (Wildman–Crippen MR) is 72.8 cm³/mol. The van der Waals surface area contributed by atoms with Gasteiger partial charge >= 0.3 is 5.97 Å². The van der Waals surface area contributed by atoms with E-state index in [1.54, 1.807) is 12.4 Å². The number of amides is 1. The zero-order valence-electron chi connectivity index (χ0n) is 11.6. The largest absolute Gasteiger partial charge is 0.481 e. The number of carboxylic acid groups (broad SMARTS) is 1. The van der Waals surface area contributed by atoms with Crippen LogP contribution in [-0.2, 0) is 9.59 Å². The molecule has 1 aliphatic carbocycles. The lowest BCUT2D eigenvalue weighted by atomic mass is 9.81. The van der Waals surface area contributed by atoms with Gasteiger partial charge in [0.15, 0.2) is 0 Å². The average Bonchev–Trinajstić information content (AvgIpc) is 2.98. The van der Waals surface area contributed by atoms with Crippen molar-refractivity contribution < 1.29 is 14.7 Å². The van der Waals surface area contributed by atoms with Crippen molar-refractivity contribution in [2.24, 2.45) is 11.8 Å². The SMILES string of the molecule is CCC(NC(=O)C1CCC(C(=O)O)CC1)c1ncc[nH]1. The molecular formula is C14H21N3O3. The number of hydrogen-bond donors (Lipinski definition) is 3. The smallest absolute Gasteiger partial charge is 0.306 e. The number of carboxylic acids is 1. The van der Waals surface area contributed by atoms with Crippen molar-refractivity contribution in [1.82, 2.24) is 15.3 Å². The molecule has 0 aliphatic heterocycles. The number of carbonyl (C=O) groups is 2. The van der Waals surface area contributed by atoms with Gasteiger partial charge in [-0.15, -0.1) is 0 Å². The van der Waals surface area contributed by atoms with Gasteiger partial charge in [0.2, 0.25) is 5.91 Å². The van der Waals surface area contributed by atoms with Gasteiger partial charge in [0, 0.05) is 18.3 Å². The Kier molecular flexibility index (Phi) is 4.76. The van der Waals surface area contributed by atoms with E-state index in [9.17, 15) is 9.59 Å². The van der Waals surface area contributed by atoms with Gasteiger partial charge in [0.1, 0.15) is 5.82 Å².